The number of hydrogen-bond acceptors (Lipinski definition) is 2. The van der Waals surface area contributed by atoms with Crippen molar-refractivity contribution in [2.24, 2.45) is 11.3 Å². The average Bonchev–Trinajstić information content (AvgIpc) is 3.48. The standard InChI is InChI=1S/C38H39NS/c1-24-22-23-30-29-17-10-12-21-33(29)40-37(30)34(24)35-25(2)27-16-9-11-20-32(27)39(35)36-28(26-14-7-6-8-15-26)18-13-19-31(36)38(3,4)5/h6-11,13-20,22-23,25,31,35-36H,12,21H2,1-5H3. The molecule has 2 heterocycles. The Morgan fingerprint density at radius 2 is 1.68 bits per heavy atom. The second-order valence-electron chi connectivity index (χ2n) is 13.0. The Labute approximate surface area is 243 Å². The molecule has 0 spiro atoms. The van der Waals surface area contributed by atoms with E-state index in [1.807, 2.05) is 0 Å². The van der Waals surface area contributed by atoms with Gasteiger partial charge in [0.25, 0.3) is 0 Å². The molecule has 1 aliphatic heterocycles. The predicted octanol–water partition coefficient (Wildman–Crippen LogP) is 10.5. The summed E-state index contributed by atoms with van der Waals surface area (Å²) in [5.41, 5.74) is 10.1. The lowest BCUT2D eigenvalue weighted by Crippen LogP contribution is -2.47. The maximum atomic E-state index is 2.84. The van der Waals surface area contributed by atoms with E-state index in [0.29, 0.717) is 11.8 Å². The summed E-state index contributed by atoms with van der Waals surface area (Å²) < 4.78 is 1.50. The van der Waals surface area contributed by atoms with E-state index in [2.05, 4.69) is 148 Å². The first kappa shape index (κ1) is 25.6. The second-order valence-corrected chi connectivity index (χ2v) is 14.1. The Kier molecular flexibility index (Phi) is 6.16. The van der Waals surface area contributed by atoms with Gasteiger partial charge in [0.05, 0.1) is 12.1 Å². The minimum Gasteiger partial charge on any atom is -0.356 e. The fourth-order valence-electron chi connectivity index (χ4n) is 7.54. The minimum absolute atomic E-state index is 0.106. The number of benzene rings is 3. The highest BCUT2D eigenvalue weighted by Gasteiger charge is 2.47. The first-order valence-electron chi connectivity index (χ1n) is 14.9. The molecular formula is C38H39NS. The van der Waals surface area contributed by atoms with Gasteiger partial charge in [0.15, 0.2) is 0 Å². The molecule has 3 aliphatic rings. The lowest BCUT2D eigenvalue weighted by Gasteiger charge is -2.47. The molecule has 0 radical (unpaired) electrons. The van der Waals surface area contributed by atoms with Crippen molar-refractivity contribution in [3.8, 4) is 0 Å². The Morgan fingerprint density at radius 1 is 0.900 bits per heavy atom. The first-order valence-corrected chi connectivity index (χ1v) is 15.7. The maximum absolute atomic E-state index is 2.84. The van der Waals surface area contributed by atoms with Crippen LogP contribution in [-0.2, 0) is 6.42 Å². The van der Waals surface area contributed by atoms with Gasteiger partial charge < -0.3 is 4.90 Å². The predicted molar refractivity (Wildman–Crippen MR) is 174 cm³/mol. The third kappa shape index (κ3) is 3.95. The SMILES string of the molecule is Cc1ccc2c3c(sc2c1C1C(C)c2ccccc2N1C1C(c2ccccc2)=CC=CC1C(C)(C)C)CCC=C3. The minimum atomic E-state index is 0.106. The second kappa shape index (κ2) is 9.63. The van der Waals surface area contributed by atoms with E-state index >= 15 is 0 Å². The molecule has 1 nitrogen and oxygen atoms in total. The number of nitrogens with zero attached hydrogens (tertiary/aromatic N) is 1. The quantitative estimate of drug-likeness (QED) is 0.249. The van der Waals surface area contributed by atoms with E-state index in [9.17, 15) is 0 Å². The lowest BCUT2D eigenvalue weighted by molar-refractivity contribution is 0.262. The van der Waals surface area contributed by atoms with E-state index in [4.69, 9.17) is 0 Å². The molecule has 4 atom stereocenters. The smallest absolute Gasteiger partial charge is 0.0632 e. The number of allylic oxidation sites excluding steroid dienone is 3. The number of aryl methyl sites for hydroxylation is 2. The van der Waals surface area contributed by atoms with Gasteiger partial charge in [-0.1, -0.05) is 119 Å². The molecular weight excluding hydrogens is 502 g/mol. The molecule has 0 bridgehead atoms. The van der Waals surface area contributed by atoms with E-state index < -0.39 is 0 Å². The van der Waals surface area contributed by atoms with Gasteiger partial charge in [0.2, 0.25) is 0 Å². The zero-order valence-corrected chi connectivity index (χ0v) is 25.1. The number of para-hydroxylation sites is 1. The molecule has 2 heteroatoms. The van der Waals surface area contributed by atoms with Gasteiger partial charge in [0, 0.05) is 32.5 Å². The van der Waals surface area contributed by atoms with Crippen LogP contribution in [0.1, 0.15) is 78.8 Å². The van der Waals surface area contributed by atoms with Crippen molar-refractivity contribution >= 4 is 38.8 Å². The van der Waals surface area contributed by atoms with Gasteiger partial charge in [-0.25, -0.2) is 0 Å². The van der Waals surface area contributed by atoms with Gasteiger partial charge >= 0.3 is 0 Å². The van der Waals surface area contributed by atoms with E-state index in [1.165, 1.54) is 49.2 Å². The summed E-state index contributed by atoms with van der Waals surface area (Å²) in [5.74, 6) is 0.756. The lowest BCUT2D eigenvalue weighted by atomic mass is 9.70. The van der Waals surface area contributed by atoms with Crippen LogP contribution in [0.25, 0.3) is 21.7 Å². The number of fused-ring (bicyclic) bond motifs is 4. The Bertz CT molecular complexity index is 1680. The van der Waals surface area contributed by atoms with Gasteiger partial charge in [-0.3, -0.25) is 0 Å². The van der Waals surface area contributed by atoms with Gasteiger partial charge in [-0.2, -0.15) is 0 Å². The van der Waals surface area contributed by atoms with Crippen LogP contribution in [0.15, 0.2) is 91.0 Å². The van der Waals surface area contributed by atoms with E-state index in [-0.39, 0.29) is 17.5 Å². The number of hydrogen-bond donors (Lipinski definition) is 0. The summed E-state index contributed by atoms with van der Waals surface area (Å²) >= 11 is 2.05. The molecule has 4 aromatic rings. The number of anilines is 1. The zero-order valence-electron chi connectivity index (χ0n) is 24.3. The normalized spacial score (nSPS) is 23.8. The van der Waals surface area contributed by atoms with Crippen LogP contribution < -0.4 is 4.90 Å². The first-order chi connectivity index (χ1) is 19.3. The van der Waals surface area contributed by atoms with E-state index in [0.717, 1.165) is 12.8 Å². The third-order valence-corrected chi connectivity index (χ3v) is 10.8. The fourth-order valence-corrected chi connectivity index (χ4v) is 8.97. The molecule has 0 fully saturated rings. The molecule has 0 saturated heterocycles. The van der Waals surface area contributed by atoms with Crippen molar-refractivity contribution in [3.63, 3.8) is 0 Å². The monoisotopic (exact) mass is 541 g/mol. The molecule has 7 rings (SSSR count). The Balaban J connectivity index is 1.49. The summed E-state index contributed by atoms with van der Waals surface area (Å²) in [6, 6.07) is 25.6. The van der Waals surface area contributed by atoms with Crippen molar-refractivity contribution in [2.75, 3.05) is 4.90 Å². The maximum Gasteiger partial charge on any atom is 0.0632 e. The van der Waals surface area contributed by atoms with Crippen LogP contribution in [-0.4, -0.2) is 6.04 Å². The van der Waals surface area contributed by atoms with Gasteiger partial charge in [0.1, 0.15) is 0 Å². The van der Waals surface area contributed by atoms with Crippen LogP contribution in [0.5, 0.6) is 0 Å². The average molecular weight is 542 g/mol. The molecule has 2 aliphatic carbocycles. The number of rotatable bonds is 3. The van der Waals surface area contributed by atoms with Crippen molar-refractivity contribution < 1.29 is 0 Å². The summed E-state index contributed by atoms with van der Waals surface area (Å²) in [6.07, 6.45) is 14.2. The summed E-state index contributed by atoms with van der Waals surface area (Å²) in [6.45, 7) is 12.0. The summed E-state index contributed by atoms with van der Waals surface area (Å²) in [5, 5.41) is 1.44. The topological polar surface area (TPSA) is 3.24 Å². The summed E-state index contributed by atoms with van der Waals surface area (Å²) in [4.78, 5) is 4.39. The van der Waals surface area contributed by atoms with Crippen LogP contribution >= 0.6 is 11.3 Å². The number of thiophene rings is 1. The molecule has 202 valence electrons. The van der Waals surface area contributed by atoms with Crippen molar-refractivity contribution in [3.05, 3.63) is 124 Å². The van der Waals surface area contributed by atoms with E-state index in [1.54, 1.807) is 4.88 Å². The third-order valence-electron chi connectivity index (χ3n) is 9.49. The zero-order chi connectivity index (χ0) is 27.6. The highest BCUT2D eigenvalue weighted by Crippen LogP contribution is 2.57. The van der Waals surface area contributed by atoms with Crippen LogP contribution in [0.4, 0.5) is 5.69 Å². The van der Waals surface area contributed by atoms with Crippen LogP contribution in [0, 0.1) is 18.3 Å². The molecule has 4 unspecified atom stereocenters. The van der Waals surface area contributed by atoms with Gasteiger partial charge in [-0.05, 0) is 64.6 Å². The largest absolute Gasteiger partial charge is 0.356 e. The molecule has 40 heavy (non-hydrogen) atoms. The molecule has 3 aromatic carbocycles. The highest BCUT2D eigenvalue weighted by molar-refractivity contribution is 7.19. The molecule has 1 aromatic heterocycles. The van der Waals surface area contributed by atoms with Crippen molar-refractivity contribution in [1.29, 1.82) is 0 Å². The van der Waals surface area contributed by atoms with Crippen LogP contribution in [0.2, 0.25) is 0 Å². The Hall–Kier alpha value is -3.36. The van der Waals surface area contributed by atoms with Crippen LogP contribution in [0.3, 0.4) is 0 Å². The Morgan fingerprint density at radius 3 is 2.48 bits per heavy atom. The molecule has 0 N–H and O–H groups in total. The van der Waals surface area contributed by atoms with Gasteiger partial charge in [-0.15, -0.1) is 11.3 Å². The van der Waals surface area contributed by atoms with Crippen molar-refractivity contribution in [2.45, 2.75) is 65.5 Å². The molecule has 0 amide bonds. The van der Waals surface area contributed by atoms with Crippen molar-refractivity contribution in [1.82, 2.24) is 0 Å². The highest BCUT2D eigenvalue weighted by atomic mass is 32.1. The molecule has 0 saturated carbocycles. The summed E-state index contributed by atoms with van der Waals surface area (Å²) in [7, 11) is 0. The fraction of sp³-hybridized carbons (Fsp3) is 0.316.